The Morgan fingerprint density at radius 3 is 2.75 bits per heavy atom. The Morgan fingerprint density at radius 1 is 1.56 bits per heavy atom. The van der Waals surface area contributed by atoms with Gasteiger partial charge in [0.2, 0.25) is 5.91 Å². The van der Waals surface area contributed by atoms with E-state index in [9.17, 15) is 4.79 Å². The maximum Gasteiger partial charge on any atom is 0.241 e. The molecule has 0 aromatic heterocycles. The van der Waals surface area contributed by atoms with Crippen molar-refractivity contribution in [3.8, 4) is 6.07 Å². The molecule has 4 nitrogen and oxygen atoms in total. The third kappa shape index (κ3) is 3.24. The first kappa shape index (κ1) is 12.5. The number of hydrogen-bond acceptors (Lipinski definition) is 3. The molecular formula is C11H12BrN3O. The molecule has 0 aliphatic rings. The van der Waals surface area contributed by atoms with Gasteiger partial charge in [0, 0.05) is 24.3 Å². The summed E-state index contributed by atoms with van der Waals surface area (Å²) in [5, 5.41) is 11.7. The molecule has 0 saturated carbocycles. The number of rotatable bonds is 3. The summed E-state index contributed by atoms with van der Waals surface area (Å²) in [6.45, 7) is 0.234. The van der Waals surface area contributed by atoms with Gasteiger partial charge in [0.05, 0.1) is 18.2 Å². The van der Waals surface area contributed by atoms with E-state index < -0.39 is 0 Å². The van der Waals surface area contributed by atoms with E-state index in [4.69, 9.17) is 5.26 Å². The molecule has 1 aromatic rings. The number of anilines is 1. The average Bonchev–Trinajstić information content (AvgIpc) is 2.26. The van der Waals surface area contributed by atoms with E-state index >= 15 is 0 Å². The fraction of sp³-hybridized carbons (Fsp3) is 0.273. The Kier molecular flexibility index (Phi) is 4.32. The summed E-state index contributed by atoms with van der Waals surface area (Å²) in [6.07, 6.45) is 0. The number of hydrogen-bond donors (Lipinski definition) is 1. The van der Waals surface area contributed by atoms with Crippen molar-refractivity contribution >= 4 is 27.5 Å². The molecule has 0 spiro atoms. The van der Waals surface area contributed by atoms with Crippen molar-refractivity contribution in [3.63, 3.8) is 0 Å². The number of nitriles is 1. The number of carbonyl (C=O) groups is 1. The first-order valence-electron chi connectivity index (χ1n) is 4.68. The highest BCUT2D eigenvalue weighted by Gasteiger charge is 2.05. The topological polar surface area (TPSA) is 56.1 Å². The van der Waals surface area contributed by atoms with Crippen LogP contribution in [0.4, 0.5) is 5.69 Å². The molecule has 1 amide bonds. The second kappa shape index (κ2) is 5.52. The van der Waals surface area contributed by atoms with Crippen molar-refractivity contribution in [2.24, 2.45) is 0 Å². The van der Waals surface area contributed by atoms with Crippen LogP contribution in [0, 0.1) is 11.3 Å². The Balaban J connectivity index is 2.69. The van der Waals surface area contributed by atoms with E-state index in [1.54, 1.807) is 32.3 Å². The highest BCUT2D eigenvalue weighted by atomic mass is 79.9. The molecule has 0 unspecified atom stereocenters. The molecule has 0 saturated heterocycles. The summed E-state index contributed by atoms with van der Waals surface area (Å²) in [7, 11) is 3.41. The molecular weight excluding hydrogens is 270 g/mol. The lowest BCUT2D eigenvalue weighted by atomic mass is 10.2. The molecule has 0 heterocycles. The summed E-state index contributed by atoms with van der Waals surface area (Å²) in [5.74, 6) is -0.00346. The molecule has 84 valence electrons. The van der Waals surface area contributed by atoms with E-state index in [0.29, 0.717) is 5.56 Å². The summed E-state index contributed by atoms with van der Waals surface area (Å²) < 4.78 is 0.776. The van der Waals surface area contributed by atoms with Gasteiger partial charge >= 0.3 is 0 Å². The van der Waals surface area contributed by atoms with Gasteiger partial charge in [-0.15, -0.1) is 0 Å². The summed E-state index contributed by atoms with van der Waals surface area (Å²) in [6, 6.07) is 7.23. The van der Waals surface area contributed by atoms with Crippen LogP contribution in [0.25, 0.3) is 0 Å². The fourth-order valence-corrected chi connectivity index (χ4v) is 1.58. The second-order valence-corrected chi connectivity index (χ2v) is 4.30. The predicted octanol–water partition coefficient (Wildman–Crippen LogP) is 1.82. The van der Waals surface area contributed by atoms with E-state index in [1.807, 2.05) is 6.07 Å². The van der Waals surface area contributed by atoms with Crippen LogP contribution in [-0.2, 0) is 4.79 Å². The Hall–Kier alpha value is -1.54. The van der Waals surface area contributed by atoms with Gasteiger partial charge in [-0.05, 0) is 34.1 Å². The van der Waals surface area contributed by atoms with Crippen molar-refractivity contribution in [1.29, 1.82) is 5.26 Å². The molecule has 0 aliphatic carbocycles. The van der Waals surface area contributed by atoms with Gasteiger partial charge in [0.15, 0.2) is 0 Å². The molecule has 0 bridgehead atoms. The van der Waals surface area contributed by atoms with Crippen LogP contribution in [0.2, 0.25) is 0 Å². The lowest BCUT2D eigenvalue weighted by Gasteiger charge is -2.12. The van der Waals surface area contributed by atoms with Gasteiger partial charge in [0.25, 0.3) is 0 Å². The zero-order valence-electron chi connectivity index (χ0n) is 9.12. The van der Waals surface area contributed by atoms with Crippen LogP contribution in [0.1, 0.15) is 5.56 Å². The molecule has 1 N–H and O–H groups in total. The average molecular weight is 282 g/mol. The minimum absolute atomic E-state index is 0.00346. The maximum atomic E-state index is 11.3. The number of nitrogens with one attached hydrogen (secondary N) is 1. The van der Waals surface area contributed by atoms with Crippen LogP contribution in [0.3, 0.4) is 0 Å². The van der Waals surface area contributed by atoms with Gasteiger partial charge in [-0.25, -0.2) is 0 Å². The van der Waals surface area contributed by atoms with Crippen LogP contribution in [0.5, 0.6) is 0 Å². The number of amides is 1. The van der Waals surface area contributed by atoms with E-state index in [1.165, 1.54) is 4.90 Å². The Morgan fingerprint density at radius 2 is 2.25 bits per heavy atom. The van der Waals surface area contributed by atoms with Gasteiger partial charge in [0.1, 0.15) is 0 Å². The number of benzene rings is 1. The number of nitrogens with zero attached hydrogens (tertiary/aromatic N) is 2. The zero-order chi connectivity index (χ0) is 12.1. The van der Waals surface area contributed by atoms with Crippen molar-refractivity contribution in [2.75, 3.05) is 26.0 Å². The highest BCUT2D eigenvalue weighted by molar-refractivity contribution is 9.10. The van der Waals surface area contributed by atoms with Crippen LogP contribution < -0.4 is 5.32 Å². The van der Waals surface area contributed by atoms with Crippen LogP contribution >= 0.6 is 15.9 Å². The van der Waals surface area contributed by atoms with Crippen molar-refractivity contribution in [2.45, 2.75) is 0 Å². The normalized spacial score (nSPS) is 9.38. The minimum atomic E-state index is -0.00346. The quantitative estimate of drug-likeness (QED) is 0.920. The van der Waals surface area contributed by atoms with Gasteiger partial charge in [-0.3, -0.25) is 4.79 Å². The first-order valence-corrected chi connectivity index (χ1v) is 5.47. The fourth-order valence-electron chi connectivity index (χ4n) is 1.06. The van der Waals surface area contributed by atoms with E-state index in [0.717, 1.165) is 10.2 Å². The molecule has 5 heteroatoms. The molecule has 1 aromatic carbocycles. The molecule has 0 atom stereocenters. The summed E-state index contributed by atoms with van der Waals surface area (Å²) >= 11 is 3.34. The third-order valence-corrected chi connectivity index (χ3v) is 2.68. The van der Waals surface area contributed by atoms with E-state index in [-0.39, 0.29) is 12.5 Å². The second-order valence-electron chi connectivity index (χ2n) is 3.45. The Bertz CT molecular complexity index is 437. The minimum Gasteiger partial charge on any atom is -0.375 e. The highest BCUT2D eigenvalue weighted by Crippen LogP contribution is 2.23. The monoisotopic (exact) mass is 281 g/mol. The number of halogens is 1. The molecule has 0 fully saturated rings. The summed E-state index contributed by atoms with van der Waals surface area (Å²) in [4.78, 5) is 12.9. The van der Waals surface area contributed by atoms with Crippen molar-refractivity contribution in [1.82, 2.24) is 4.90 Å². The summed E-state index contributed by atoms with van der Waals surface area (Å²) in [5.41, 5.74) is 1.38. The van der Waals surface area contributed by atoms with Crippen LogP contribution in [0.15, 0.2) is 22.7 Å². The zero-order valence-corrected chi connectivity index (χ0v) is 10.7. The van der Waals surface area contributed by atoms with Gasteiger partial charge in [-0.2, -0.15) is 5.26 Å². The number of likely N-dealkylation sites (N-methyl/N-ethyl adjacent to an activating group) is 1. The van der Waals surface area contributed by atoms with Gasteiger partial charge in [-0.1, -0.05) is 0 Å². The van der Waals surface area contributed by atoms with Gasteiger partial charge < -0.3 is 10.2 Å². The molecule has 1 rings (SSSR count). The molecule has 0 radical (unpaired) electrons. The molecule has 16 heavy (non-hydrogen) atoms. The molecule has 0 aliphatic heterocycles. The first-order chi connectivity index (χ1) is 7.54. The van der Waals surface area contributed by atoms with Crippen molar-refractivity contribution < 1.29 is 4.79 Å². The Labute approximate surface area is 103 Å². The third-order valence-electron chi connectivity index (χ3n) is 2.03. The smallest absolute Gasteiger partial charge is 0.241 e. The lowest BCUT2D eigenvalue weighted by Crippen LogP contribution is -2.28. The van der Waals surface area contributed by atoms with E-state index in [2.05, 4.69) is 21.2 Å². The maximum absolute atomic E-state index is 11.3. The number of carbonyl (C=O) groups excluding carboxylic acids is 1. The standard InChI is InChI=1S/C11H12BrN3O/c1-15(2)11(16)7-14-10-4-3-8(6-13)5-9(10)12/h3-5,14H,7H2,1-2H3. The van der Waals surface area contributed by atoms with Crippen molar-refractivity contribution in [3.05, 3.63) is 28.2 Å². The van der Waals surface area contributed by atoms with Crippen LogP contribution in [-0.4, -0.2) is 31.4 Å². The largest absolute Gasteiger partial charge is 0.375 e. The lowest BCUT2D eigenvalue weighted by molar-refractivity contribution is -0.126. The SMILES string of the molecule is CN(C)C(=O)CNc1ccc(C#N)cc1Br. The predicted molar refractivity (Wildman–Crippen MR) is 66.0 cm³/mol.